The minimum atomic E-state index is -4.51. The molecular weight excluding hydrogens is 417 g/mol. The van der Waals surface area contributed by atoms with Crippen molar-refractivity contribution in [3.63, 3.8) is 0 Å². The average Bonchev–Trinajstić information content (AvgIpc) is 3.04. The number of hydrogen-bond acceptors (Lipinski definition) is 3. The number of fused-ring (bicyclic) bond motifs is 2. The van der Waals surface area contributed by atoms with Crippen LogP contribution in [0.1, 0.15) is 59.7 Å². The molecule has 0 aromatic heterocycles. The van der Waals surface area contributed by atoms with Crippen molar-refractivity contribution in [2.75, 3.05) is 14.2 Å². The molecule has 172 valence electrons. The Labute approximate surface area is 186 Å². The average molecular weight is 447 g/mol. The number of alkyl halides is 3. The number of hydrogen-bond donors (Lipinski definition) is 1. The molecule has 0 spiro atoms. The second-order valence-electron chi connectivity index (χ2n) is 8.81. The highest BCUT2D eigenvalue weighted by Crippen LogP contribution is 2.46. The highest BCUT2D eigenvalue weighted by molar-refractivity contribution is 5.99. The molecule has 2 bridgehead atoms. The molecule has 32 heavy (non-hydrogen) atoms. The second kappa shape index (κ2) is 8.43. The van der Waals surface area contributed by atoms with Crippen molar-refractivity contribution < 1.29 is 22.7 Å². The highest BCUT2D eigenvalue weighted by Gasteiger charge is 2.52. The SMILES string of the molecule is CCc1cc(C(F)(F)F)cc(OC)c1C(=O)NC1(c2ccccc2)CCC2CCC1N2C. The predicted octanol–water partition coefficient (Wildman–Crippen LogP) is 5.16. The lowest BCUT2D eigenvalue weighted by Crippen LogP contribution is -2.61. The van der Waals surface area contributed by atoms with Crippen LogP contribution in [0.3, 0.4) is 0 Å². The molecule has 2 aromatic rings. The van der Waals surface area contributed by atoms with E-state index >= 15 is 0 Å². The number of halogens is 3. The van der Waals surface area contributed by atoms with Gasteiger partial charge in [0.05, 0.1) is 23.8 Å². The van der Waals surface area contributed by atoms with Crippen molar-refractivity contribution in [2.24, 2.45) is 0 Å². The van der Waals surface area contributed by atoms with E-state index < -0.39 is 23.2 Å². The summed E-state index contributed by atoms with van der Waals surface area (Å²) in [7, 11) is 3.40. The summed E-state index contributed by atoms with van der Waals surface area (Å²) in [6.45, 7) is 1.74. The topological polar surface area (TPSA) is 41.6 Å². The highest BCUT2D eigenvalue weighted by atomic mass is 19.4. The van der Waals surface area contributed by atoms with Crippen LogP contribution in [0, 0.1) is 0 Å². The van der Waals surface area contributed by atoms with Crippen LogP contribution in [-0.2, 0) is 18.1 Å². The summed E-state index contributed by atoms with van der Waals surface area (Å²) in [6.07, 6.45) is -0.453. The number of ether oxygens (including phenoxy) is 1. The van der Waals surface area contributed by atoms with Crippen molar-refractivity contribution in [3.05, 3.63) is 64.7 Å². The molecule has 0 saturated carbocycles. The van der Waals surface area contributed by atoms with Gasteiger partial charge in [0.25, 0.3) is 5.91 Å². The molecule has 1 amide bonds. The van der Waals surface area contributed by atoms with E-state index in [2.05, 4.69) is 17.3 Å². The summed E-state index contributed by atoms with van der Waals surface area (Å²) in [6, 6.07) is 12.5. The van der Waals surface area contributed by atoms with Gasteiger partial charge in [0.2, 0.25) is 0 Å². The number of likely N-dealkylation sites (N-methyl/N-ethyl adjacent to an activating group) is 1. The molecule has 3 unspecified atom stereocenters. The van der Waals surface area contributed by atoms with Crippen LogP contribution in [-0.4, -0.2) is 37.0 Å². The number of methoxy groups -OCH3 is 1. The fraction of sp³-hybridized carbons (Fsp3) is 0.480. The van der Waals surface area contributed by atoms with Gasteiger partial charge in [0.15, 0.2) is 0 Å². The summed E-state index contributed by atoms with van der Waals surface area (Å²) in [5, 5.41) is 3.29. The van der Waals surface area contributed by atoms with E-state index in [4.69, 9.17) is 4.74 Å². The van der Waals surface area contributed by atoms with Crippen LogP contribution >= 0.6 is 0 Å². The van der Waals surface area contributed by atoms with Crippen molar-refractivity contribution >= 4 is 5.91 Å². The van der Waals surface area contributed by atoms with Crippen LogP contribution in [0.2, 0.25) is 0 Å². The minimum absolute atomic E-state index is 0.0501. The zero-order valence-electron chi connectivity index (χ0n) is 18.6. The molecule has 2 aliphatic rings. The molecule has 2 saturated heterocycles. The Morgan fingerprint density at radius 2 is 1.91 bits per heavy atom. The summed E-state index contributed by atoms with van der Waals surface area (Å²) in [4.78, 5) is 16.1. The molecule has 4 nitrogen and oxygen atoms in total. The number of nitrogens with one attached hydrogen (secondary N) is 1. The molecule has 3 atom stereocenters. The van der Waals surface area contributed by atoms with E-state index in [9.17, 15) is 18.0 Å². The summed E-state index contributed by atoms with van der Waals surface area (Å²) < 4.78 is 45.5. The first-order valence-corrected chi connectivity index (χ1v) is 11.1. The van der Waals surface area contributed by atoms with Gasteiger partial charge in [0, 0.05) is 12.1 Å². The van der Waals surface area contributed by atoms with Gasteiger partial charge in [-0.15, -0.1) is 0 Å². The molecule has 0 radical (unpaired) electrons. The second-order valence-corrected chi connectivity index (χ2v) is 8.81. The van der Waals surface area contributed by atoms with Crippen LogP contribution in [0.15, 0.2) is 42.5 Å². The van der Waals surface area contributed by atoms with Crippen molar-refractivity contribution in [3.8, 4) is 5.75 Å². The van der Waals surface area contributed by atoms with Gasteiger partial charge in [-0.1, -0.05) is 37.3 Å². The molecular formula is C25H29F3N2O2. The van der Waals surface area contributed by atoms with Gasteiger partial charge in [0.1, 0.15) is 5.75 Å². The van der Waals surface area contributed by atoms with Crippen LogP contribution in [0.4, 0.5) is 13.2 Å². The van der Waals surface area contributed by atoms with Gasteiger partial charge in [-0.2, -0.15) is 13.2 Å². The lowest BCUT2D eigenvalue weighted by Gasteiger charge is -2.48. The first-order valence-electron chi connectivity index (χ1n) is 11.1. The maximum atomic E-state index is 13.7. The van der Waals surface area contributed by atoms with E-state index in [1.807, 2.05) is 30.3 Å². The maximum absolute atomic E-state index is 13.7. The fourth-order valence-corrected chi connectivity index (χ4v) is 5.60. The Morgan fingerprint density at radius 1 is 1.19 bits per heavy atom. The number of piperidine rings is 1. The third-order valence-electron chi connectivity index (χ3n) is 7.25. The molecule has 2 aliphatic heterocycles. The Hall–Kier alpha value is -2.54. The molecule has 7 heteroatoms. The lowest BCUT2D eigenvalue weighted by molar-refractivity contribution is -0.137. The third kappa shape index (κ3) is 3.76. The molecule has 4 rings (SSSR count). The number of benzene rings is 2. The van der Waals surface area contributed by atoms with Crippen molar-refractivity contribution in [2.45, 2.75) is 62.8 Å². The van der Waals surface area contributed by atoms with Gasteiger partial charge in [-0.05, 0) is 62.4 Å². The largest absolute Gasteiger partial charge is 0.496 e. The number of carbonyl (C=O) groups excluding carboxylic acids is 1. The quantitative estimate of drug-likeness (QED) is 0.690. The zero-order chi connectivity index (χ0) is 23.1. The third-order valence-corrected chi connectivity index (χ3v) is 7.25. The number of nitrogens with zero attached hydrogens (tertiary/aromatic N) is 1. The van der Waals surface area contributed by atoms with E-state index in [0.29, 0.717) is 11.6 Å². The predicted molar refractivity (Wildman–Crippen MR) is 117 cm³/mol. The monoisotopic (exact) mass is 446 g/mol. The van der Waals surface area contributed by atoms with E-state index in [1.54, 1.807) is 6.92 Å². The minimum Gasteiger partial charge on any atom is -0.496 e. The Morgan fingerprint density at radius 3 is 2.53 bits per heavy atom. The summed E-state index contributed by atoms with van der Waals surface area (Å²) >= 11 is 0. The van der Waals surface area contributed by atoms with Crippen molar-refractivity contribution in [1.82, 2.24) is 10.2 Å². The lowest BCUT2D eigenvalue weighted by atomic mass is 9.76. The summed E-state index contributed by atoms with van der Waals surface area (Å²) in [5.41, 5.74) is 0.108. The van der Waals surface area contributed by atoms with E-state index in [-0.39, 0.29) is 23.8 Å². The Kier molecular flexibility index (Phi) is 5.96. The first-order chi connectivity index (χ1) is 15.2. The molecule has 2 fully saturated rings. The molecule has 2 aromatic carbocycles. The number of aryl methyl sites for hydroxylation is 1. The Balaban J connectivity index is 1.79. The number of carbonyl (C=O) groups is 1. The molecule has 0 aliphatic carbocycles. The smallest absolute Gasteiger partial charge is 0.416 e. The van der Waals surface area contributed by atoms with Crippen LogP contribution < -0.4 is 10.1 Å². The van der Waals surface area contributed by atoms with Gasteiger partial charge >= 0.3 is 6.18 Å². The molecule has 2 heterocycles. The normalized spacial score (nSPS) is 25.6. The van der Waals surface area contributed by atoms with Gasteiger partial charge < -0.3 is 10.1 Å². The first kappa shape index (κ1) is 22.6. The number of rotatable bonds is 5. The Bertz CT molecular complexity index is 967. The standard InChI is InChI=1S/C25H29F3N2O2/c1-4-16-14-18(25(26,27)28)15-20(32-3)22(16)23(31)29-24(17-8-6-5-7-9-17)13-12-19-10-11-21(24)30(19)2/h5-9,14-15,19,21H,4,10-13H2,1-3H3,(H,29,31). The van der Waals surface area contributed by atoms with Crippen LogP contribution in [0.5, 0.6) is 5.75 Å². The summed E-state index contributed by atoms with van der Waals surface area (Å²) in [5.74, 6) is -0.444. The van der Waals surface area contributed by atoms with Crippen molar-refractivity contribution in [1.29, 1.82) is 0 Å². The van der Waals surface area contributed by atoms with Crippen LogP contribution in [0.25, 0.3) is 0 Å². The zero-order valence-corrected chi connectivity index (χ0v) is 18.6. The van der Waals surface area contributed by atoms with Gasteiger partial charge in [-0.3, -0.25) is 9.69 Å². The fourth-order valence-electron chi connectivity index (χ4n) is 5.60. The van der Waals surface area contributed by atoms with Gasteiger partial charge in [-0.25, -0.2) is 0 Å². The van der Waals surface area contributed by atoms with E-state index in [1.165, 1.54) is 7.11 Å². The molecule has 1 N–H and O–H groups in total. The maximum Gasteiger partial charge on any atom is 0.416 e. The number of amides is 1. The van der Waals surface area contributed by atoms with E-state index in [0.717, 1.165) is 43.4 Å².